The summed E-state index contributed by atoms with van der Waals surface area (Å²) in [6.45, 7) is 5.12. The van der Waals surface area contributed by atoms with Crippen LogP contribution in [-0.2, 0) is 6.42 Å². The number of H-pyrrole nitrogens is 1. The summed E-state index contributed by atoms with van der Waals surface area (Å²) in [6, 6.07) is 17.2. The van der Waals surface area contributed by atoms with E-state index in [1.807, 2.05) is 36.5 Å². The summed E-state index contributed by atoms with van der Waals surface area (Å²) in [5.41, 5.74) is 8.60. The van der Waals surface area contributed by atoms with Crippen molar-refractivity contribution in [3.8, 4) is 22.3 Å². The summed E-state index contributed by atoms with van der Waals surface area (Å²) in [5, 5.41) is 1.09. The molecule has 2 aliphatic heterocycles. The first-order chi connectivity index (χ1) is 17.1. The number of aromatic amines is 1. The molecular formula is C29H31N5O. The Morgan fingerprint density at radius 3 is 2.43 bits per heavy atom. The van der Waals surface area contributed by atoms with Gasteiger partial charge in [0.25, 0.3) is 5.91 Å². The lowest BCUT2D eigenvalue weighted by Gasteiger charge is -2.34. The normalized spacial score (nSPS) is 17.0. The lowest BCUT2D eigenvalue weighted by molar-refractivity contribution is 0.0800. The van der Waals surface area contributed by atoms with Gasteiger partial charge >= 0.3 is 0 Å². The lowest BCUT2D eigenvalue weighted by Crippen LogP contribution is -2.44. The lowest BCUT2D eigenvalue weighted by atomic mass is 9.92. The highest BCUT2D eigenvalue weighted by atomic mass is 16.2. The van der Waals surface area contributed by atoms with Crippen LogP contribution in [0.5, 0.6) is 0 Å². The van der Waals surface area contributed by atoms with E-state index >= 15 is 0 Å². The molecule has 6 rings (SSSR count). The highest BCUT2D eigenvalue weighted by molar-refractivity contribution is 6.01. The number of likely N-dealkylation sites (N-methyl/N-ethyl adjacent to an activating group) is 1. The molecule has 0 bridgehead atoms. The largest absolute Gasteiger partial charge is 0.369 e. The number of nitrogens with zero attached hydrogens (tertiary/aromatic N) is 4. The standard InChI is InChI=1S/C29H31N5O/c1-32-13-15-34(16-14-32)22-10-8-20(9-11-22)21-17-26-27(19-31-28(26)30-18-21)24-5-3-6-25-23(24)7-4-12-33(2)29(25)35/h3,5-6,8-11,17-19H,4,7,12-16H2,1-2H3,(H,30,31). The van der Waals surface area contributed by atoms with Crippen molar-refractivity contribution in [2.45, 2.75) is 12.8 Å². The molecule has 2 aliphatic rings. The van der Waals surface area contributed by atoms with Crippen molar-refractivity contribution in [3.05, 3.63) is 72.1 Å². The van der Waals surface area contributed by atoms with E-state index in [1.165, 1.54) is 5.69 Å². The molecule has 6 heteroatoms. The number of carbonyl (C=O) groups excluding carboxylic acids is 1. The zero-order chi connectivity index (χ0) is 23.9. The van der Waals surface area contributed by atoms with Crippen LogP contribution in [0, 0.1) is 0 Å². The molecule has 4 aromatic rings. The number of piperazine rings is 1. The number of amides is 1. The third kappa shape index (κ3) is 3.98. The van der Waals surface area contributed by atoms with Crippen molar-refractivity contribution in [2.24, 2.45) is 0 Å². The second-order valence-electron chi connectivity index (χ2n) is 9.82. The van der Waals surface area contributed by atoms with Gasteiger partial charge in [-0.1, -0.05) is 24.3 Å². The third-order valence-electron chi connectivity index (χ3n) is 7.56. The Balaban J connectivity index is 1.36. The summed E-state index contributed by atoms with van der Waals surface area (Å²) in [7, 11) is 4.07. The molecule has 178 valence electrons. The Bertz CT molecular complexity index is 1380. The smallest absolute Gasteiger partial charge is 0.253 e. The molecule has 4 heterocycles. The van der Waals surface area contributed by atoms with Crippen molar-refractivity contribution in [2.75, 3.05) is 51.7 Å². The summed E-state index contributed by atoms with van der Waals surface area (Å²) in [6.07, 6.45) is 5.84. The Labute approximate surface area is 206 Å². The molecule has 1 fully saturated rings. The van der Waals surface area contributed by atoms with Crippen LogP contribution in [0.25, 0.3) is 33.3 Å². The Hall–Kier alpha value is -3.64. The van der Waals surface area contributed by atoms with Gasteiger partial charge in [0.15, 0.2) is 0 Å². The number of anilines is 1. The van der Waals surface area contributed by atoms with Crippen LogP contribution < -0.4 is 4.90 Å². The molecule has 0 unspecified atom stereocenters. The molecule has 0 atom stereocenters. The van der Waals surface area contributed by atoms with Crippen LogP contribution in [0.3, 0.4) is 0 Å². The average molecular weight is 466 g/mol. The topological polar surface area (TPSA) is 55.5 Å². The molecule has 0 spiro atoms. The van der Waals surface area contributed by atoms with E-state index in [0.29, 0.717) is 0 Å². The molecule has 2 aromatic heterocycles. The average Bonchev–Trinajstić information content (AvgIpc) is 3.25. The van der Waals surface area contributed by atoms with Crippen LogP contribution in [0.2, 0.25) is 0 Å². The fourth-order valence-corrected chi connectivity index (χ4v) is 5.42. The van der Waals surface area contributed by atoms with Crippen molar-refractivity contribution in [1.82, 2.24) is 19.8 Å². The van der Waals surface area contributed by atoms with E-state index in [2.05, 4.69) is 58.2 Å². The number of benzene rings is 2. The van der Waals surface area contributed by atoms with Crippen molar-refractivity contribution in [1.29, 1.82) is 0 Å². The van der Waals surface area contributed by atoms with E-state index in [0.717, 1.165) is 90.0 Å². The monoisotopic (exact) mass is 465 g/mol. The first-order valence-corrected chi connectivity index (χ1v) is 12.5. The van der Waals surface area contributed by atoms with Gasteiger partial charge in [-0.15, -0.1) is 0 Å². The van der Waals surface area contributed by atoms with E-state index in [-0.39, 0.29) is 5.91 Å². The van der Waals surface area contributed by atoms with Gasteiger partial charge in [-0.2, -0.15) is 0 Å². The summed E-state index contributed by atoms with van der Waals surface area (Å²) < 4.78 is 0. The van der Waals surface area contributed by atoms with Gasteiger partial charge in [0.05, 0.1) is 0 Å². The van der Waals surface area contributed by atoms with Gasteiger partial charge in [0, 0.05) is 79.9 Å². The minimum atomic E-state index is 0.110. The zero-order valence-corrected chi connectivity index (χ0v) is 20.4. The number of hydrogen-bond donors (Lipinski definition) is 1. The maximum atomic E-state index is 12.9. The highest BCUT2D eigenvalue weighted by Crippen LogP contribution is 2.36. The number of hydrogen-bond acceptors (Lipinski definition) is 4. The minimum absolute atomic E-state index is 0.110. The van der Waals surface area contributed by atoms with Gasteiger partial charge in [0.2, 0.25) is 0 Å². The second-order valence-corrected chi connectivity index (χ2v) is 9.82. The molecule has 1 N–H and O–H groups in total. The fourth-order valence-electron chi connectivity index (χ4n) is 5.42. The maximum Gasteiger partial charge on any atom is 0.253 e. The third-order valence-corrected chi connectivity index (χ3v) is 7.56. The van der Waals surface area contributed by atoms with E-state index in [1.54, 1.807) is 0 Å². The van der Waals surface area contributed by atoms with Crippen LogP contribution >= 0.6 is 0 Å². The Morgan fingerprint density at radius 2 is 1.63 bits per heavy atom. The molecule has 0 aliphatic carbocycles. The number of fused-ring (bicyclic) bond motifs is 2. The molecule has 2 aromatic carbocycles. The molecule has 1 amide bonds. The first-order valence-electron chi connectivity index (χ1n) is 12.5. The SMILES string of the molecule is CN1CCN(c2ccc(-c3cnc4[nH]cc(-c5cccc6c5CCCN(C)C6=O)c4c3)cc2)CC1. The minimum Gasteiger partial charge on any atom is -0.369 e. The van der Waals surface area contributed by atoms with Gasteiger partial charge in [-0.3, -0.25) is 4.79 Å². The number of nitrogens with one attached hydrogen (secondary N) is 1. The van der Waals surface area contributed by atoms with E-state index < -0.39 is 0 Å². The molecule has 0 saturated carbocycles. The number of pyridine rings is 1. The molecule has 6 nitrogen and oxygen atoms in total. The fraction of sp³-hybridized carbons (Fsp3) is 0.310. The van der Waals surface area contributed by atoms with Crippen LogP contribution in [0.15, 0.2) is 60.9 Å². The zero-order valence-electron chi connectivity index (χ0n) is 20.4. The summed E-state index contributed by atoms with van der Waals surface area (Å²) >= 11 is 0. The van der Waals surface area contributed by atoms with Crippen LogP contribution in [-0.4, -0.2) is 72.5 Å². The number of carbonyl (C=O) groups is 1. The molecular weight excluding hydrogens is 434 g/mol. The Kier molecular flexibility index (Phi) is 5.53. The van der Waals surface area contributed by atoms with E-state index in [4.69, 9.17) is 4.98 Å². The van der Waals surface area contributed by atoms with Crippen molar-refractivity contribution in [3.63, 3.8) is 0 Å². The first kappa shape index (κ1) is 21.9. The predicted octanol–water partition coefficient (Wildman–Crippen LogP) is 4.67. The summed E-state index contributed by atoms with van der Waals surface area (Å²) in [4.78, 5) is 27.7. The quantitative estimate of drug-likeness (QED) is 0.478. The van der Waals surface area contributed by atoms with Gasteiger partial charge in [0.1, 0.15) is 5.65 Å². The van der Waals surface area contributed by atoms with Gasteiger partial charge in [-0.05, 0) is 60.8 Å². The second kappa shape index (κ2) is 8.86. The van der Waals surface area contributed by atoms with Crippen molar-refractivity contribution >= 4 is 22.6 Å². The van der Waals surface area contributed by atoms with Crippen LogP contribution in [0.1, 0.15) is 22.3 Å². The molecule has 35 heavy (non-hydrogen) atoms. The van der Waals surface area contributed by atoms with Crippen molar-refractivity contribution < 1.29 is 4.79 Å². The maximum absolute atomic E-state index is 12.9. The predicted molar refractivity (Wildman–Crippen MR) is 142 cm³/mol. The van der Waals surface area contributed by atoms with Gasteiger partial charge < -0.3 is 19.7 Å². The van der Waals surface area contributed by atoms with E-state index in [9.17, 15) is 4.79 Å². The van der Waals surface area contributed by atoms with Crippen LogP contribution in [0.4, 0.5) is 5.69 Å². The number of rotatable bonds is 3. The van der Waals surface area contributed by atoms with Gasteiger partial charge in [-0.25, -0.2) is 4.98 Å². The molecule has 1 saturated heterocycles. The Morgan fingerprint density at radius 1 is 0.857 bits per heavy atom. The number of aromatic nitrogens is 2. The molecule has 0 radical (unpaired) electrons. The summed E-state index contributed by atoms with van der Waals surface area (Å²) in [5.74, 6) is 0.110. The highest BCUT2D eigenvalue weighted by Gasteiger charge is 2.23.